The summed E-state index contributed by atoms with van der Waals surface area (Å²) < 4.78 is 1.73. The number of rotatable bonds is 2. The predicted octanol–water partition coefficient (Wildman–Crippen LogP) is -0.0352. The Kier molecular flexibility index (Phi) is 2.48. The first-order valence-electron chi connectivity index (χ1n) is 7.20. The first kappa shape index (κ1) is 13.1. The van der Waals surface area contributed by atoms with Gasteiger partial charge in [-0.2, -0.15) is 0 Å². The lowest BCUT2D eigenvalue weighted by molar-refractivity contribution is 0.0952. The van der Waals surface area contributed by atoms with Gasteiger partial charge in [-0.05, 0) is 13.3 Å². The summed E-state index contributed by atoms with van der Waals surface area (Å²) in [5.41, 5.74) is 6.65. The Morgan fingerprint density at radius 3 is 2.64 bits per heavy atom. The minimum atomic E-state index is -0.642. The van der Waals surface area contributed by atoms with Crippen molar-refractivity contribution in [3.8, 4) is 0 Å². The Hall–Kier alpha value is -2.64. The highest BCUT2D eigenvalue weighted by Crippen LogP contribution is 2.35. The van der Waals surface area contributed by atoms with Crippen molar-refractivity contribution < 1.29 is 14.4 Å². The molecule has 1 aromatic heterocycles. The number of carbonyl (C=O) groups excluding carboxylic acids is 3. The third kappa shape index (κ3) is 1.63. The number of nitrogens with one attached hydrogen (secondary N) is 1. The fraction of sp³-hybridized carbons (Fsp3) is 0.429. The van der Waals surface area contributed by atoms with Gasteiger partial charge in [0.1, 0.15) is 17.2 Å². The molecule has 8 nitrogen and oxygen atoms in total. The summed E-state index contributed by atoms with van der Waals surface area (Å²) in [5, 5.41) is 2.60. The Morgan fingerprint density at radius 2 is 2.00 bits per heavy atom. The van der Waals surface area contributed by atoms with Gasteiger partial charge in [0.25, 0.3) is 0 Å². The standard InChI is InChI=1S/C14H15N5O3/c1-6-9(18-4-5-18)12(21)8-10(11(6)20)19-3-2-7(13(19)17-8)16-14(15)22/h7H,2-5H2,1H3,(H3,15,16,22)/t7-/m0/s1. The molecule has 1 saturated heterocycles. The van der Waals surface area contributed by atoms with E-state index in [1.165, 1.54) is 0 Å². The minimum absolute atomic E-state index is 0.157. The molecule has 2 aliphatic heterocycles. The summed E-state index contributed by atoms with van der Waals surface area (Å²) in [6.07, 6.45) is 0.613. The Labute approximate surface area is 126 Å². The molecule has 4 rings (SSSR count). The van der Waals surface area contributed by atoms with Crippen molar-refractivity contribution in [3.63, 3.8) is 0 Å². The summed E-state index contributed by atoms with van der Waals surface area (Å²) in [6, 6.07) is -0.996. The third-order valence-corrected chi connectivity index (χ3v) is 4.37. The quantitative estimate of drug-likeness (QED) is 0.745. The number of amides is 2. The van der Waals surface area contributed by atoms with Gasteiger partial charge in [0, 0.05) is 25.2 Å². The second kappa shape index (κ2) is 4.19. The number of carbonyl (C=O) groups is 3. The average Bonchev–Trinajstić information content (AvgIpc) is 3.09. The number of nitrogens with zero attached hydrogens (tertiary/aromatic N) is 3. The van der Waals surface area contributed by atoms with Crippen molar-refractivity contribution in [2.45, 2.75) is 25.9 Å². The summed E-state index contributed by atoms with van der Waals surface area (Å²) in [4.78, 5) is 42.6. The zero-order valence-electron chi connectivity index (χ0n) is 12.0. The molecule has 0 saturated carbocycles. The van der Waals surface area contributed by atoms with E-state index in [2.05, 4.69) is 10.3 Å². The maximum atomic E-state index is 12.6. The molecule has 22 heavy (non-hydrogen) atoms. The molecular weight excluding hydrogens is 286 g/mol. The molecule has 1 fully saturated rings. The summed E-state index contributed by atoms with van der Waals surface area (Å²) in [5.74, 6) is 0.171. The van der Waals surface area contributed by atoms with E-state index >= 15 is 0 Å². The van der Waals surface area contributed by atoms with Crippen LogP contribution in [0.4, 0.5) is 4.79 Å². The zero-order chi connectivity index (χ0) is 15.6. The molecule has 0 radical (unpaired) electrons. The lowest BCUT2D eigenvalue weighted by Crippen LogP contribution is -2.32. The number of primary amides is 1. The van der Waals surface area contributed by atoms with Crippen LogP contribution in [0.15, 0.2) is 11.3 Å². The van der Waals surface area contributed by atoms with Crippen LogP contribution in [-0.2, 0) is 6.54 Å². The number of Topliss-reactive ketones (excluding diaryl/α,β-unsaturated/α-hetero) is 2. The maximum Gasteiger partial charge on any atom is 0.312 e. The normalized spacial score (nSPS) is 22.8. The van der Waals surface area contributed by atoms with Gasteiger partial charge in [0.2, 0.25) is 11.6 Å². The van der Waals surface area contributed by atoms with Gasteiger partial charge in [0.15, 0.2) is 0 Å². The van der Waals surface area contributed by atoms with Crippen LogP contribution >= 0.6 is 0 Å². The predicted molar refractivity (Wildman–Crippen MR) is 75.2 cm³/mol. The number of aromatic nitrogens is 2. The van der Waals surface area contributed by atoms with E-state index in [1.54, 1.807) is 11.5 Å². The topological polar surface area (TPSA) is 110 Å². The lowest BCUT2D eigenvalue weighted by Gasteiger charge is -2.17. The third-order valence-electron chi connectivity index (χ3n) is 4.37. The fourth-order valence-corrected chi connectivity index (χ4v) is 3.27. The smallest absolute Gasteiger partial charge is 0.312 e. The van der Waals surface area contributed by atoms with Gasteiger partial charge in [0.05, 0.1) is 11.7 Å². The van der Waals surface area contributed by atoms with E-state index in [9.17, 15) is 14.4 Å². The number of nitrogens with two attached hydrogens (primary N) is 1. The molecule has 2 amide bonds. The van der Waals surface area contributed by atoms with E-state index in [0.717, 1.165) is 13.1 Å². The van der Waals surface area contributed by atoms with E-state index in [1.807, 2.05) is 4.90 Å². The molecule has 0 spiro atoms. The molecule has 3 aliphatic rings. The number of imidazole rings is 1. The van der Waals surface area contributed by atoms with Crippen molar-refractivity contribution in [2.75, 3.05) is 13.1 Å². The van der Waals surface area contributed by atoms with Crippen LogP contribution < -0.4 is 11.1 Å². The SMILES string of the molecule is CC1=C(N2CC2)C(=O)c2nc3n(c2C1=O)CC[C@@H]3NC(N)=O. The largest absolute Gasteiger partial charge is 0.364 e. The van der Waals surface area contributed by atoms with Gasteiger partial charge >= 0.3 is 6.03 Å². The highest BCUT2D eigenvalue weighted by atomic mass is 16.2. The van der Waals surface area contributed by atoms with E-state index in [4.69, 9.17) is 5.73 Å². The van der Waals surface area contributed by atoms with Crippen molar-refractivity contribution >= 4 is 17.6 Å². The first-order valence-corrected chi connectivity index (χ1v) is 7.20. The van der Waals surface area contributed by atoms with Crippen LogP contribution in [0, 0.1) is 0 Å². The van der Waals surface area contributed by atoms with Crippen LogP contribution in [0.25, 0.3) is 0 Å². The summed E-state index contributed by atoms with van der Waals surface area (Å²) in [6.45, 7) is 3.81. The fourth-order valence-electron chi connectivity index (χ4n) is 3.27. The van der Waals surface area contributed by atoms with Gasteiger partial charge in [-0.3, -0.25) is 9.59 Å². The van der Waals surface area contributed by atoms with Gasteiger partial charge < -0.3 is 20.5 Å². The molecule has 3 N–H and O–H groups in total. The van der Waals surface area contributed by atoms with Crippen molar-refractivity contribution in [1.29, 1.82) is 0 Å². The van der Waals surface area contributed by atoms with Gasteiger partial charge in [-0.1, -0.05) is 0 Å². The molecule has 114 valence electrons. The number of hydrogen-bond acceptors (Lipinski definition) is 5. The van der Waals surface area contributed by atoms with Crippen molar-refractivity contribution in [2.24, 2.45) is 5.73 Å². The molecule has 1 atom stereocenters. The van der Waals surface area contributed by atoms with Crippen LogP contribution in [-0.4, -0.2) is 45.1 Å². The molecule has 0 bridgehead atoms. The summed E-state index contributed by atoms with van der Waals surface area (Å²) >= 11 is 0. The number of fused-ring (bicyclic) bond motifs is 3. The number of ketones is 2. The monoisotopic (exact) mass is 301 g/mol. The van der Waals surface area contributed by atoms with Gasteiger partial charge in [-0.25, -0.2) is 9.78 Å². The second-order valence-electron chi connectivity index (χ2n) is 5.79. The average molecular weight is 301 g/mol. The highest BCUT2D eigenvalue weighted by molar-refractivity contribution is 6.25. The van der Waals surface area contributed by atoms with Crippen LogP contribution in [0.5, 0.6) is 0 Å². The number of urea groups is 1. The Morgan fingerprint density at radius 1 is 1.27 bits per heavy atom. The summed E-state index contributed by atoms with van der Waals surface area (Å²) in [7, 11) is 0. The van der Waals surface area contributed by atoms with Crippen molar-refractivity contribution in [3.05, 3.63) is 28.5 Å². The van der Waals surface area contributed by atoms with Crippen LogP contribution in [0.1, 0.15) is 46.2 Å². The molecule has 8 heteroatoms. The minimum Gasteiger partial charge on any atom is -0.364 e. The zero-order valence-corrected chi connectivity index (χ0v) is 12.0. The number of allylic oxidation sites excluding steroid dienone is 2. The van der Waals surface area contributed by atoms with E-state index in [-0.39, 0.29) is 23.3 Å². The Bertz CT molecular complexity index is 772. The van der Waals surface area contributed by atoms with Crippen LogP contribution in [0.3, 0.4) is 0 Å². The second-order valence-corrected chi connectivity index (χ2v) is 5.79. The highest BCUT2D eigenvalue weighted by Gasteiger charge is 2.42. The van der Waals surface area contributed by atoms with Crippen molar-refractivity contribution in [1.82, 2.24) is 19.8 Å². The van der Waals surface area contributed by atoms with Gasteiger partial charge in [-0.15, -0.1) is 0 Å². The number of hydrogen-bond donors (Lipinski definition) is 2. The maximum absolute atomic E-state index is 12.6. The molecule has 3 heterocycles. The lowest BCUT2D eigenvalue weighted by atomic mass is 9.95. The Balaban J connectivity index is 1.81. The molecule has 0 aromatic carbocycles. The molecule has 0 unspecified atom stereocenters. The molecular formula is C14H15N5O3. The molecule has 1 aromatic rings. The van der Waals surface area contributed by atoms with E-state index < -0.39 is 6.03 Å². The first-order chi connectivity index (χ1) is 10.5. The van der Waals surface area contributed by atoms with E-state index in [0.29, 0.717) is 35.8 Å². The molecule has 1 aliphatic carbocycles. The van der Waals surface area contributed by atoms with Crippen LogP contribution in [0.2, 0.25) is 0 Å².